The predicted octanol–water partition coefficient (Wildman–Crippen LogP) is 2.82. The summed E-state index contributed by atoms with van der Waals surface area (Å²) in [5, 5.41) is 3.14. The smallest absolute Gasteiger partial charge is 0.222 e. The molecule has 0 radical (unpaired) electrons. The highest BCUT2D eigenvalue weighted by molar-refractivity contribution is 5.80. The van der Waals surface area contributed by atoms with E-state index in [4.69, 9.17) is 0 Å². The number of nitrogens with one attached hydrogen (secondary N) is 1. The van der Waals surface area contributed by atoms with Crippen molar-refractivity contribution in [3.63, 3.8) is 0 Å². The summed E-state index contributed by atoms with van der Waals surface area (Å²) in [4.78, 5) is 25.6. The molecule has 0 unspecified atom stereocenters. The summed E-state index contributed by atoms with van der Waals surface area (Å²) in [7, 11) is 0. The molecule has 1 heterocycles. The van der Waals surface area contributed by atoms with Crippen LogP contribution >= 0.6 is 0 Å². The van der Waals surface area contributed by atoms with Crippen molar-refractivity contribution >= 4 is 11.8 Å². The van der Waals surface area contributed by atoms with E-state index >= 15 is 0 Å². The number of benzene rings is 1. The minimum atomic E-state index is 0.0154. The number of carbonyl (C=O) groups is 2. The third-order valence-corrected chi connectivity index (χ3v) is 4.29. The average Bonchev–Trinajstić information content (AvgIpc) is 2.88. The first-order valence-electron chi connectivity index (χ1n) is 8.11. The molecule has 0 spiro atoms. The molecule has 1 aromatic carbocycles. The zero-order valence-corrected chi connectivity index (χ0v) is 13.8. The highest BCUT2D eigenvalue weighted by Gasteiger charge is 2.23. The molecular formula is C18H26N2O2. The van der Waals surface area contributed by atoms with Gasteiger partial charge in [0.1, 0.15) is 0 Å². The largest absolute Gasteiger partial charge is 0.349 e. The molecule has 0 aromatic heterocycles. The fourth-order valence-electron chi connectivity index (χ4n) is 2.96. The van der Waals surface area contributed by atoms with Crippen molar-refractivity contribution in [3.05, 3.63) is 35.4 Å². The van der Waals surface area contributed by atoms with Crippen molar-refractivity contribution in [2.75, 3.05) is 13.1 Å². The van der Waals surface area contributed by atoms with Crippen molar-refractivity contribution < 1.29 is 9.59 Å². The van der Waals surface area contributed by atoms with Crippen LogP contribution in [0, 0.1) is 12.8 Å². The van der Waals surface area contributed by atoms with E-state index in [0.717, 1.165) is 13.0 Å². The van der Waals surface area contributed by atoms with Gasteiger partial charge < -0.3 is 10.2 Å². The molecule has 1 atom stereocenters. The minimum absolute atomic E-state index is 0.0154. The first-order chi connectivity index (χ1) is 10.5. The maximum Gasteiger partial charge on any atom is 0.222 e. The van der Waals surface area contributed by atoms with Gasteiger partial charge in [-0.1, -0.05) is 38.1 Å². The molecule has 1 saturated heterocycles. The Morgan fingerprint density at radius 2 is 2.05 bits per heavy atom. The van der Waals surface area contributed by atoms with E-state index in [1.54, 1.807) is 4.90 Å². The summed E-state index contributed by atoms with van der Waals surface area (Å²) in [6.07, 6.45) is 1.92. The van der Waals surface area contributed by atoms with Gasteiger partial charge in [-0.2, -0.15) is 0 Å². The van der Waals surface area contributed by atoms with Gasteiger partial charge in [0, 0.05) is 25.9 Å². The lowest BCUT2D eigenvalue weighted by Crippen LogP contribution is -2.35. The third kappa shape index (κ3) is 4.09. The Morgan fingerprint density at radius 1 is 1.32 bits per heavy atom. The van der Waals surface area contributed by atoms with Crippen LogP contribution in [0.25, 0.3) is 0 Å². The molecule has 0 bridgehead atoms. The second kappa shape index (κ2) is 7.43. The molecule has 2 amide bonds. The van der Waals surface area contributed by atoms with Crippen LogP contribution in [-0.2, 0) is 9.59 Å². The number of carbonyl (C=O) groups excluding carboxylic acids is 2. The SMILES string of the molecule is Cc1ccccc1[C@H](NC(=O)CCN1CCCC1=O)C(C)C. The summed E-state index contributed by atoms with van der Waals surface area (Å²) in [5.74, 6) is 0.507. The number of hydrogen-bond donors (Lipinski definition) is 1. The maximum absolute atomic E-state index is 12.3. The Balaban J connectivity index is 1.95. The van der Waals surface area contributed by atoms with E-state index in [1.807, 2.05) is 12.1 Å². The molecule has 22 heavy (non-hydrogen) atoms. The van der Waals surface area contributed by atoms with Crippen LogP contribution in [0.3, 0.4) is 0 Å². The first kappa shape index (κ1) is 16.5. The molecule has 1 aliphatic heterocycles. The number of aryl methyl sites for hydroxylation is 1. The highest BCUT2D eigenvalue weighted by Crippen LogP contribution is 2.24. The third-order valence-electron chi connectivity index (χ3n) is 4.29. The molecule has 120 valence electrons. The lowest BCUT2D eigenvalue weighted by Gasteiger charge is -2.25. The van der Waals surface area contributed by atoms with E-state index < -0.39 is 0 Å². The van der Waals surface area contributed by atoms with Crippen molar-refractivity contribution in [1.82, 2.24) is 10.2 Å². The number of amides is 2. The molecule has 0 saturated carbocycles. The molecule has 1 N–H and O–H groups in total. The zero-order valence-electron chi connectivity index (χ0n) is 13.8. The van der Waals surface area contributed by atoms with Gasteiger partial charge in [0.2, 0.25) is 11.8 Å². The van der Waals surface area contributed by atoms with Crippen LogP contribution in [-0.4, -0.2) is 29.8 Å². The van der Waals surface area contributed by atoms with Crippen LogP contribution in [0.2, 0.25) is 0 Å². The van der Waals surface area contributed by atoms with Gasteiger partial charge in [-0.15, -0.1) is 0 Å². The lowest BCUT2D eigenvalue weighted by atomic mass is 9.92. The Bertz CT molecular complexity index is 540. The van der Waals surface area contributed by atoms with Crippen LogP contribution in [0.15, 0.2) is 24.3 Å². The van der Waals surface area contributed by atoms with Gasteiger partial charge in [0.25, 0.3) is 0 Å². The number of nitrogens with zero attached hydrogens (tertiary/aromatic N) is 1. The molecule has 4 nitrogen and oxygen atoms in total. The van der Waals surface area contributed by atoms with Crippen molar-refractivity contribution in [1.29, 1.82) is 0 Å². The van der Waals surface area contributed by atoms with Crippen LogP contribution in [0.5, 0.6) is 0 Å². The summed E-state index contributed by atoms with van der Waals surface area (Å²) >= 11 is 0. The van der Waals surface area contributed by atoms with E-state index in [0.29, 0.717) is 25.3 Å². The van der Waals surface area contributed by atoms with E-state index in [-0.39, 0.29) is 17.9 Å². The Hall–Kier alpha value is -1.84. The van der Waals surface area contributed by atoms with Gasteiger partial charge >= 0.3 is 0 Å². The molecule has 1 aliphatic rings. The lowest BCUT2D eigenvalue weighted by molar-refractivity contribution is -0.128. The van der Waals surface area contributed by atoms with Crippen LogP contribution in [0.4, 0.5) is 0 Å². The first-order valence-corrected chi connectivity index (χ1v) is 8.11. The number of likely N-dealkylation sites (tertiary alicyclic amines) is 1. The predicted molar refractivity (Wildman–Crippen MR) is 87.3 cm³/mol. The minimum Gasteiger partial charge on any atom is -0.349 e. The van der Waals surface area contributed by atoms with E-state index in [1.165, 1.54) is 11.1 Å². The average molecular weight is 302 g/mol. The summed E-state index contributed by atoms with van der Waals surface area (Å²) in [6.45, 7) is 7.61. The molecule has 1 aromatic rings. The number of rotatable bonds is 6. The Morgan fingerprint density at radius 3 is 2.64 bits per heavy atom. The standard InChI is InChI=1S/C18H26N2O2/c1-13(2)18(15-8-5-4-7-14(15)3)19-16(21)10-12-20-11-6-9-17(20)22/h4-5,7-8,13,18H,6,9-12H2,1-3H3,(H,19,21)/t18-/m1/s1. The maximum atomic E-state index is 12.3. The normalized spacial score (nSPS) is 16.2. The van der Waals surface area contributed by atoms with Gasteiger partial charge in [0.05, 0.1) is 6.04 Å². The molecule has 1 fully saturated rings. The highest BCUT2D eigenvalue weighted by atomic mass is 16.2. The fourth-order valence-corrected chi connectivity index (χ4v) is 2.96. The Kier molecular flexibility index (Phi) is 5.58. The van der Waals surface area contributed by atoms with Gasteiger partial charge in [-0.3, -0.25) is 9.59 Å². The second-order valence-corrected chi connectivity index (χ2v) is 6.38. The number of hydrogen-bond acceptors (Lipinski definition) is 2. The quantitative estimate of drug-likeness (QED) is 0.878. The van der Waals surface area contributed by atoms with E-state index in [9.17, 15) is 9.59 Å². The summed E-state index contributed by atoms with van der Waals surface area (Å²) in [6, 6.07) is 8.18. The van der Waals surface area contributed by atoms with Gasteiger partial charge in [-0.05, 0) is 30.4 Å². The molecule has 0 aliphatic carbocycles. The summed E-state index contributed by atoms with van der Waals surface area (Å²) in [5.41, 5.74) is 2.36. The molecule has 4 heteroatoms. The van der Waals surface area contributed by atoms with Crippen molar-refractivity contribution in [2.45, 2.75) is 46.1 Å². The summed E-state index contributed by atoms with van der Waals surface area (Å²) < 4.78 is 0. The second-order valence-electron chi connectivity index (χ2n) is 6.38. The van der Waals surface area contributed by atoms with Crippen LogP contribution < -0.4 is 5.32 Å². The monoisotopic (exact) mass is 302 g/mol. The topological polar surface area (TPSA) is 49.4 Å². The molecule has 2 rings (SSSR count). The van der Waals surface area contributed by atoms with E-state index in [2.05, 4.69) is 38.2 Å². The Labute approximate surface area is 132 Å². The molecular weight excluding hydrogens is 276 g/mol. The van der Waals surface area contributed by atoms with Crippen LogP contribution in [0.1, 0.15) is 50.3 Å². The zero-order chi connectivity index (χ0) is 16.1. The van der Waals surface area contributed by atoms with Gasteiger partial charge in [0.15, 0.2) is 0 Å². The van der Waals surface area contributed by atoms with Gasteiger partial charge in [-0.25, -0.2) is 0 Å². The fraction of sp³-hybridized carbons (Fsp3) is 0.556. The van der Waals surface area contributed by atoms with Crippen molar-refractivity contribution in [3.8, 4) is 0 Å². The van der Waals surface area contributed by atoms with Crippen molar-refractivity contribution in [2.24, 2.45) is 5.92 Å².